The number of amides is 1. The van der Waals surface area contributed by atoms with E-state index in [4.69, 9.17) is 8.94 Å². The van der Waals surface area contributed by atoms with E-state index in [1.807, 2.05) is 44.4 Å². The molecular weight excluding hydrogens is 410 g/mol. The summed E-state index contributed by atoms with van der Waals surface area (Å²) >= 11 is 0. The lowest BCUT2D eigenvalue weighted by molar-refractivity contribution is -0.896. The number of carbonyl (C=O) groups is 1. The van der Waals surface area contributed by atoms with Crippen molar-refractivity contribution < 1.29 is 23.3 Å². The van der Waals surface area contributed by atoms with Crippen molar-refractivity contribution in [3.8, 4) is 0 Å². The fraction of sp³-hybridized carbons (Fsp3) is 0.478. The molecular formula is C23H30N5O4+. The second-order valence-electron chi connectivity index (χ2n) is 9.15. The van der Waals surface area contributed by atoms with E-state index in [9.17, 15) is 9.90 Å². The van der Waals surface area contributed by atoms with E-state index in [-0.39, 0.29) is 24.3 Å². The molecule has 3 aromatic rings. The van der Waals surface area contributed by atoms with Crippen LogP contribution in [0.15, 0.2) is 51.6 Å². The van der Waals surface area contributed by atoms with Gasteiger partial charge in [-0.1, -0.05) is 54.8 Å². The van der Waals surface area contributed by atoms with Crippen LogP contribution in [-0.2, 0) is 16.9 Å². The second kappa shape index (κ2) is 9.22. The number of hydrogen-bond donors (Lipinski definition) is 2. The lowest BCUT2D eigenvalue weighted by Gasteiger charge is -2.36. The molecule has 0 radical (unpaired) electrons. The molecule has 4 rings (SSSR count). The molecule has 1 unspecified atom stereocenters. The number of carbonyl (C=O) groups excluding carboxylic acids is 1. The van der Waals surface area contributed by atoms with Crippen molar-refractivity contribution in [3.63, 3.8) is 0 Å². The summed E-state index contributed by atoms with van der Waals surface area (Å²) in [5.74, 6) is 0.784. The molecule has 1 aliphatic carbocycles. The predicted octanol–water partition coefficient (Wildman–Crippen LogP) is 3.09. The number of nitrogens with one attached hydrogen (secondary N) is 1. The Bertz CT molecular complexity index is 1010. The molecule has 0 aliphatic heterocycles. The van der Waals surface area contributed by atoms with Gasteiger partial charge in [0.05, 0.1) is 14.1 Å². The molecule has 2 heterocycles. The molecule has 1 amide bonds. The van der Waals surface area contributed by atoms with Crippen molar-refractivity contribution in [3.05, 3.63) is 60.0 Å². The predicted molar refractivity (Wildman–Crippen MR) is 116 cm³/mol. The van der Waals surface area contributed by atoms with E-state index in [2.05, 4.69) is 20.7 Å². The minimum Gasteiger partial charge on any atom is -0.416 e. The summed E-state index contributed by atoms with van der Waals surface area (Å²) in [6, 6.07) is 11.1. The molecule has 2 N–H and O–H groups in total. The largest absolute Gasteiger partial charge is 0.416 e. The third-order valence-corrected chi connectivity index (χ3v) is 6.04. The van der Waals surface area contributed by atoms with E-state index in [1.165, 1.54) is 12.7 Å². The van der Waals surface area contributed by atoms with Gasteiger partial charge < -0.3 is 23.8 Å². The van der Waals surface area contributed by atoms with Crippen molar-refractivity contribution >= 4 is 11.7 Å². The second-order valence-corrected chi connectivity index (χ2v) is 9.15. The van der Waals surface area contributed by atoms with E-state index in [1.54, 1.807) is 6.07 Å². The van der Waals surface area contributed by atoms with Crippen LogP contribution in [-0.4, -0.2) is 51.5 Å². The molecule has 2 aromatic heterocycles. The van der Waals surface area contributed by atoms with Crippen molar-refractivity contribution in [1.29, 1.82) is 0 Å². The number of nitrogens with zero attached hydrogens (tertiary/aromatic N) is 4. The normalized spacial score (nSPS) is 17.1. The third kappa shape index (κ3) is 4.89. The van der Waals surface area contributed by atoms with Crippen LogP contribution in [0, 0.1) is 5.92 Å². The number of aliphatic hydroxyl groups is 1. The molecule has 170 valence electrons. The fourth-order valence-electron chi connectivity index (χ4n) is 4.49. The van der Waals surface area contributed by atoms with Gasteiger partial charge in [-0.05, 0) is 18.4 Å². The first-order valence-corrected chi connectivity index (χ1v) is 11.0. The van der Waals surface area contributed by atoms with Gasteiger partial charge in [-0.3, -0.25) is 4.79 Å². The quantitative estimate of drug-likeness (QED) is 0.517. The number of benzene rings is 1. The Morgan fingerprint density at radius 2 is 1.91 bits per heavy atom. The van der Waals surface area contributed by atoms with Crippen molar-refractivity contribution in [2.75, 3.05) is 26.0 Å². The zero-order chi connectivity index (χ0) is 22.6. The molecule has 1 atom stereocenters. The molecule has 1 saturated carbocycles. The molecule has 9 heteroatoms. The van der Waals surface area contributed by atoms with Gasteiger partial charge in [-0.15, -0.1) is 10.2 Å². The summed E-state index contributed by atoms with van der Waals surface area (Å²) in [4.78, 5) is 12.4. The standard InChI is InChI=1S/C23H29N5O4/c1-28(2,15-20(29)24-19-13-14-31-27-19)16-21-25-26-22(32-21)23(30,17-9-5-3-6-10-17)18-11-7-4-8-12-18/h3,5-6,9-10,13-14,18,30H,4,7-8,11-12,15-16H2,1-2H3/p+1. The number of aromatic nitrogens is 3. The monoisotopic (exact) mass is 440 g/mol. The highest BCUT2D eigenvalue weighted by Crippen LogP contribution is 2.43. The Morgan fingerprint density at radius 3 is 2.59 bits per heavy atom. The smallest absolute Gasteiger partial charge is 0.280 e. The van der Waals surface area contributed by atoms with Crippen molar-refractivity contribution in [1.82, 2.24) is 15.4 Å². The Morgan fingerprint density at radius 1 is 1.16 bits per heavy atom. The summed E-state index contributed by atoms with van der Waals surface area (Å²) in [5.41, 5.74) is -0.558. The summed E-state index contributed by atoms with van der Waals surface area (Å²) < 4.78 is 11.1. The van der Waals surface area contributed by atoms with Gasteiger partial charge in [-0.2, -0.15) is 0 Å². The average molecular weight is 441 g/mol. The molecule has 1 fully saturated rings. The Balaban J connectivity index is 1.52. The van der Waals surface area contributed by atoms with Gasteiger partial charge >= 0.3 is 0 Å². The van der Waals surface area contributed by atoms with Crippen LogP contribution in [0.5, 0.6) is 0 Å². The van der Waals surface area contributed by atoms with Crippen LogP contribution >= 0.6 is 0 Å². The Hall–Kier alpha value is -3.04. The number of quaternary nitrogens is 1. The van der Waals surface area contributed by atoms with Crippen LogP contribution in [0.25, 0.3) is 0 Å². The topological polar surface area (TPSA) is 114 Å². The highest BCUT2D eigenvalue weighted by Gasteiger charge is 2.45. The maximum atomic E-state index is 12.4. The molecule has 1 aliphatic rings. The van der Waals surface area contributed by atoms with Gasteiger partial charge in [0.1, 0.15) is 6.26 Å². The van der Waals surface area contributed by atoms with Gasteiger partial charge in [0.15, 0.2) is 24.5 Å². The lowest BCUT2D eigenvalue weighted by Crippen LogP contribution is -2.45. The highest BCUT2D eigenvalue weighted by molar-refractivity contribution is 5.90. The third-order valence-electron chi connectivity index (χ3n) is 6.04. The van der Waals surface area contributed by atoms with Gasteiger partial charge in [0.2, 0.25) is 0 Å². The number of rotatable bonds is 8. The Labute approximate surface area is 187 Å². The zero-order valence-corrected chi connectivity index (χ0v) is 18.5. The van der Waals surface area contributed by atoms with Crippen LogP contribution < -0.4 is 5.32 Å². The first-order valence-electron chi connectivity index (χ1n) is 11.0. The van der Waals surface area contributed by atoms with Crippen LogP contribution in [0.2, 0.25) is 0 Å². The first kappa shape index (κ1) is 22.2. The summed E-state index contributed by atoms with van der Waals surface area (Å²) in [7, 11) is 3.80. The van der Waals surface area contributed by atoms with Crippen molar-refractivity contribution in [2.24, 2.45) is 5.92 Å². The minimum atomic E-state index is -1.33. The van der Waals surface area contributed by atoms with Gasteiger partial charge in [0.25, 0.3) is 17.7 Å². The molecule has 0 bridgehead atoms. The maximum Gasteiger partial charge on any atom is 0.280 e. The summed E-state index contributed by atoms with van der Waals surface area (Å²) in [6.45, 7) is 0.519. The SMILES string of the molecule is C[N+](C)(CC(=O)Nc1ccon1)Cc1nnc(C(O)(c2ccccc2)C2CCCCC2)o1. The zero-order valence-electron chi connectivity index (χ0n) is 18.5. The molecule has 1 aromatic carbocycles. The fourth-order valence-corrected chi connectivity index (χ4v) is 4.49. The van der Waals surface area contributed by atoms with Crippen molar-refractivity contribution in [2.45, 2.75) is 44.2 Å². The van der Waals surface area contributed by atoms with E-state index >= 15 is 0 Å². The number of anilines is 1. The number of hydrogen-bond acceptors (Lipinski definition) is 7. The lowest BCUT2D eigenvalue weighted by atomic mass is 9.73. The molecule has 0 spiro atoms. The average Bonchev–Trinajstić information content (AvgIpc) is 3.46. The molecule has 32 heavy (non-hydrogen) atoms. The van der Waals surface area contributed by atoms with E-state index < -0.39 is 5.60 Å². The van der Waals surface area contributed by atoms with Gasteiger partial charge in [-0.25, -0.2) is 0 Å². The van der Waals surface area contributed by atoms with Crippen LogP contribution in [0.4, 0.5) is 5.82 Å². The minimum absolute atomic E-state index is 0.0164. The first-order chi connectivity index (χ1) is 15.4. The Kier molecular flexibility index (Phi) is 6.38. The van der Waals surface area contributed by atoms with Crippen LogP contribution in [0.1, 0.15) is 49.4 Å². The van der Waals surface area contributed by atoms with Gasteiger partial charge in [0, 0.05) is 12.0 Å². The number of likely N-dealkylation sites (N-methyl/N-ethyl adjacent to an activating group) is 1. The highest BCUT2D eigenvalue weighted by atomic mass is 16.5. The van der Waals surface area contributed by atoms with E-state index in [0.717, 1.165) is 31.2 Å². The maximum absolute atomic E-state index is 12.4. The summed E-state index contributed by atoms with van der Waals surface area (Å²) in [6.07, 6.45) is 6.55. The van der Waals surface area contributed by atoms with Crippen LogP contribution in [0.3, 0.4) is 0 Å². The molecule has 0 saturated heterocycles. The summed E-state index contributed by atoms with van der Waals surface area (Å²) in [5, 5.41) is 26.8. The molecule has 9 nitrogen and oxygen atoms in total. The van der Waals surface area contributed by atoms with E-state index in [0.29, 0.717) is 22.7 Å².